The third kappa shape index (κ3) is 7.20. The third-order valence-corrected chi connectivity index (χ3v) is 4.22. The van der Waals surface area contributed by atoms with Crippen LogP contribution in [0.1, 0.15) is 48.5 Å². The smallest absolute Gasteiger partial charge is 0.303 e. The Kier molecular flexibility index (Phi) is 8.56. The Morgan fingerprint density at radius 2 is 1.43 bits per heavy atom. The van der Waals surface area contributed by atoms with Gasteiger partial charge < -0.3 is 23.7 Å². The van der Waals surface area contributed by atoms with Gasteiger partial charge in [-0.3, -0.25) is 19.2 Å². The maximum absolute atomic E-state index is 12.2. The molecule has 0 aromatic heterocycles. The fourth-order valence-electron chi connectivity index (χ4n) is 2.64. The van der Waals surface area contributed by atoms with Crippen molar-refractivity contribution in [2.75, 3.05) is 13.2 Å². The molecule has 1 rings (SSSR count). The van der Waals surface area contributed by atoms with Gasteiger partial charge in [0.1, 0.15) is 25.4 Å². The van der Waals surface area contributed by atoms with E-state index in [-0.39, 0.29) is 19.0 Å². The van der Waals surface area contributed by atoms with Crippen LogP contribution in [0.2, 0.25) is 0 Å². The van der Waals surface area contributed by atoms with Crippen LogP contribution >= 0.6 is 0 Å². The van der Waals surface area contributed by atoms with Crippen LogP contribution in [0, 0.1) is 11.3 Å². The summed E-state index contributed by atoms with van der Waals surface area (Å²) < 4.78 is 27.1. The molecule has 0 saturated carbocycles. The first-order chi connectivity index (χ1) is 12.8. The summed E-state index contributed by atoms with van der Waals surface area (Å²) in [5.74, 6) is -2.41. The molecule has 0 bridgehead atoms. The molecule has 0 radical (unpaired) electrons. The monoisotopic (exact) mass is 402 g/mol. The molecule has 9 heteroatoms. The molecule has 160 valence electrons. The summed E-state index contributed by atoms with van der Waals surface area (Å²) in [5, 5.41) is 0. The molecule has 28 heavy (non-hydrogen) atoms. The van der Waals surface area contributed by atoms with Crippen molar-refractivity contribution in [1.29, 1.82) is 0 Å². The zero-order chi connectivity index (χ0) is 21.6. The highest BCUT2D eigenvalue weighted by Gasteiger charge is 2.49. The molecular weight excluding hydrogens is 372 g/mol. The summed E-state index contributed by atoms with van der Waals surface area (Å²) in [6.45, 7) is 10.2. The molecule has 0 aliphatic carbocycles. The van der Waals surface area contributed by atoms with E-state index in [4.69, 9.17) is 23.7 Å². The Morgan fingerprint density at radius 1 is 0.893 bits per heavy atom. The number of ether oxygens (including phenoxy) is 5. The minimum absolute atomic E-state index is 0.133. The predicted molar refractivity (Wildman–Crippen MR) is 96.0 cm³/mol. The highest BCUT2D eigenvalue weighted by Crippen LogP contribution is 2.32. The summed E-state index contributed by atoms with van der Waals surface area (Å²) in [7, 11) is 0. The summed E-state index contributed by atoms with van der Waals surface area (Å²) in [4.78, 5) is 46.5. The molecule has 1 aliphatic rings. The van der Waals surface area contributed by atoms with E-state index in [1.54, 1.807) is 27.7 Å². The highest BCUT2D eigenvalue weighted by atomic mass is 16.7. The summed E-state index contributed by atoms with van der Waals surface area (Å²) in [6, 6.07) is 0. The van der Waals surface area contributed by atoms with E-state index in [1.165, 1.54) is 20.8 Å². The van der Waals surface area contributed by atoms with E-state index >= 15 is 0 Å². The van der Waals surface area contributed by atoms with Crippen molar-refractivity contribution in [3.05, 3.63) is 0 Å². The minimum Gasteiger partial charge on any atom is -0.463 e. The van der Waals surface area contributed by atoms with Gasteiger partial charge in [0.25, 0.3) is 0 Å². The molecule has 1 heterocycles. The van der Waals surface area contributed by atoms with Crippen LogP contribution in [0.5, 0.6) is 0 Å². The molecule has 0 N–H and O–H groups in total. The lowest BCUT2D eigenvalue weighted by Crippen LogP contribution is -2.58. The number of Topliss-reactive ketones (excluding diaryl/α,β-unsaturated/α-hetero) is 1. The summed E-state index contributed by atoms with van der Waals surface area (Å²) in [6.07, 6.45) is -3.74. The first-order valence-corrected chi connectivity index (χ1v) is 9.11. The van der Waals surface area contributed by atoms with Crippen molar-refractivity contribution in [3.63, 3.8) is 0 Å². The lowest BCUT2D eigenvalue weighted by molar-refractivity contribution is -0.287. The number of esters is 3. The van der Waals surface area contributed by atoms with Crippen LogP contribution in [-0.2, 0) is 42.9 Å². The van der Waals surface area contributed by atoms with Crippen molar-refractivity contribution >= 4 is 23.7 Å². The average Bonchev–Trinajstić information content (AvgIpc) is 2.54. The molecular formula is C19H30O9. The Balaban J connectivity index is 3.05. The quantitative estimate of drug-likeness (QED) is 0.460. The molecule has 1 saturated heterocycles. The van der Waals surface area contributed by atoms with Gasteiger partial charge in [-0.1, -0.05) is 27.7 Å². The van der Waals surface area contributed by atoms with Gasteiger partial charge in [0.05, 0.1) is 0 Å². The van der Waals surface area contributed by atoms with Gasteiger partial charge in [0, 0.05) is 32.1 Å². The normalized spacial score (nSPS) is 27.6. The van der Waals surface area contributed by atoms with Gasteiger partial charge >= 0.3 is 17.9 Å². The van der Waals surface area contributed by atoms with Gasteiger partial charge in [-0.15, -0.1) is 0 Å². The zero-order valence-electron chi connectivity index (χ0n) is 17.5. The van der Waals surface area contributed by atoms with Crippen LogP contribution < -0.4 is 0 Å². The van der Waals surface area contributed by atoms with Crippen LogP contribution in [0.25, 0.3) is 0 Å². The van der Waals surface area contributed by atoms with Crippen molar-refractivity contribution in [1.82, 2.24) is 0 Å². The number of hydrogen-bond donors (Lipinski definition) is 0. The first-order valence-electron chi connectivity index (χ1n) is 9.11. The molecule has 0 spiro atoms. The van der Waals surface area contributed by atoms with Gasteiger partial charge in [0.2, 0.25) is 0 Å². The van der Waals surface area contributed by atoms with E-state index < -0.39 is 53.8 Å². The highest BCUT2D eigenvalue weighted by molar-refractivity contribution is 5.84. The van der Waals surface area contributed by atoms with Gasteiger partial charge in [-0.25, -0.2) is 0 Å². The van der Waals surface area contributed by atoms with Crippen molar-refractivity contribution < 1.29 is 42.9 Å². The predicted octanol–water partition coefficient (Wildman–Crippen LogP) is 1.41. The van der Waals surface area contributed by atoms with Gasteiger partial charge in [-0.05, 0) is 0 Å². The van der Waals surface area contributed by atoms with E-state index in [2.05, 4.69) is 0 Å². The molecule has 0 aromatic carbocycles. The zero-order valence-corrected chi connectivity index (χ0v) is 17.5. The topological polar surface area (TPSA) is 114 Å². The van der Waals surface area contributed by atoms with Crippen LogP contribution in [0.4, 0.5) is 0 Å². The van der Waals surface area contributed by atoms with Crippen molar-refractivity contribution in [2.24, 2.45) is 11.3 Å². The van der Waals surface area contributed by atoms with Crippen molar-refractivity contribution in [2.45, 2.75) is 73.1 Å². The number of rotatable bonds is 7. The maximum Gasteiger partial charge on any atom is 0.303 e. The lowest BCUT2D eigenvalue weighted by Gasteiger charge is -2.43. The number of ketones is 1. The minimum atomic E-state index is -0.992. The molecule has 0 unspecified atom stereocenters. The second kappa shape index (κ2) is 9.97. The Hall–Kier alpha value is -2.00. The largest absolute Gasteiger partial charge is 0.463 e. The number of hydrogen-bond acceptors (Lipinski definition) is 9. The Labute approximate surface area is 165 Å². The fraction of sp³-hybridized carbons (Fsp3) is 0.789. The third-order valence-electron chi connectivity index (χ3n) is 4.22. The van der Waals surface area contributed by atoms with Gasteiger partial charge in [0.15, 0.2) is 18.2 Å². The van der Waals surface area contributed by atoms with Crippen LogP contribution in [-0.4, -0.2) is 61.5 Å². The molecule has 0 aromatic rings. The van der Waals surface area contributed by atoms with Gasteiger partial charge in [-0.2, -0.15) is 0 Å². The summed E-state index contributed by atoms with van der Waals surface area (Å²) in [5.41, 5.74) is -0.593. The van der Waals surface area contributed by atoms with Crippen molar-refractivity contribution in [3.8, 4) is 0 Å². The molecule has 1 aliphatic heterocycles. The SMILES string of the molecule is CC(=O)OC[C@H]1O[C@@H](OCC(=O)C(C)(C)C)[C@H](C)[C@@H](OC(C)=O)[C@H]1OC(C)=O. The lowest BCUT2D eigenvalue weighted by atomic mass is 9.90. The molecule has 5 atom stereocenters. The standard InChI is InChI=1S/C19H30O9/c1-10-16(26-12(3)21)17(27-13(4)22)14(8-24-11(2)20)28-18(10)25-9-15(23)19(5,6)7/h10,14,16-18H,8-9H2,1-7H3/t10-,14-,16-,17+,18-/m1/s1. The fourth-order valence-corrected chi connectivity index (χ4v) is 2.64. The second-order valence-electron chi connectivity index (χ2n) is 7.84. The maximum atomic E-state index is 12.2. The first kappa shape index (κ1) is 24.0. The average molecular weight is 402 g/mol. The van der Waals surface area contributed by atoms with E-state index in [9.17, 15) is 19.2 Å². The number of carbonyl (C=O) groups is 4. The van der Waals surface area contributed by atoms with Crippen LogP contribution in [0.15, 0.2) is 0 Å². The Bertz CT molecular complexity index is 593. The molecule has 0 amide bonds. The van der Waals surface area contributed by atoms with Crippen LogP contribution in [0.3, 0.4) is 0 Å². The number of carbonyl (C=O) groups excluding carboxylic acids is 4. The molecule has 9 nitrogen and oxygen atoms in total. The molecule has 1 fully saturated rings. The van der Waals surface area contributed by atoms with E-state index in [0.29, 0.717) is 0 Å². The van der Waals surface area contributed by atoms with E-state index in [1.807, 2.05) is 0 Å². The summed E-state index contributed by atoms with van der Waals surface area (Å²) >= 11 is 0. The Morgan fingerprint density at radius 3 is 1.89 bits per heavy atom. The second-order valence-corrected chi connectivity index (χ2v) is 7.84. The van der Waals surface area contributed by atoms with E-state index in [0.717, 1.165) is 0 Å².